The molecule has 0 aliphatic carbocycles. The maximum atomic E-state index is 6.03. The molecule has 72 valence electrons. The first-order valence-electron chi connectivity index (χ1n) is 4.87. The Morgan fingerprint density at radius 1 is 1.38 bits per heavy atom. The molecule has 0 fully saturated rings. The van der Waals surface area contributed by atoms with Gasteiger partial charge in [-0.15, -0.1) is 10.2 Å². The zero-order valence-corrected chi connectivity index (χ0v) is 8.20. The minimum atomic E-state index is 0.0272. The van der Waals surface area contributed by atoms with Crippen LogP contribution < -0.4 is 5.73 Å². The lowest BCUT2D eigenvalue weighted by Crippen LogP contribution is -2.21. The highest BCUT2D eigenvalue weighted by atomic mass is 15.3. The van der Waals surface area contributed by atoms with E-state index in [-0.39, 0.29) is 6.04 Å². The van der Waals surface area contributed by atoms with Gasteiger partial charge in [0.1, 0.15) is 11.6 Å². The molecule has 1 aliphatic heterocycles. The summed E-state index contributed by atoms with van der Waals surface area (Å²) < 4.78 is 2.17. The summed E-state index contributed by atoms with van der Waals surface area (Å²) >= 11 is 0. The van der Waals surface area contributed by atoms with Gasteiger partial charge in [-0.3, -0.25) is 0 Å². The summed E-state index contributed by atoms with van der Waals surface area (Å²) in [6.07, 6.45) is 2.24. The van der Waals surface area contributed by atoms with Crippen LogP contribution in [0.3, 0.4) is 0 Å². The zero-order valence-electron chi connectivity index (χ0n) is 8.20. The molecule has 1 aromatic heterocycles. The Kier molecular flexibility index (Phi) is 2.07. The number of rotatable bonds is 2. The lowest BCUT2D eigenvalue weighted by molar-refractivity contribution is 0.468. The van der Waals surface area contributed by atoms with Gasteiger partial charge in [-0.25, -0.2) is 0 Å². The number of aryl methyl sites for hydroxylation is 1. The van der Waals surface area contributed by atoms with Gasteiger partial charge in [-0.1, -0.05) is 13.8 Å². The van der Waals surface area contributed by atoms with Crippen molar-refractivity contribution in [2.45, 2.75) is 39.3 Å². The van der Waals surface area contributed by atoms with Crippen LogP contribution in [-0.4, -0.2) is 14.8 Å². The van der Waals surface area contributed by atoms with Crippen LogP contribution in [0.2, 0.25) is 0 Å². The van der Waals surface area contributed by atoms with Gasteiger partial charge in [0.15, 0.2) is 0 Å². The molecule has 2 heterocycles. The number of fused-ring (bicyclic) bond motifs is 1. The molecule has 4 nitrogen and oxygen atoms in total. The molecule has 13 heavy (non-hydrogen) atoms. The molecule has 0 unspecified atom stereocenters. The Morgan fingerprint density at radius 3 is 2.85 bits per heavy atom. The van der Waals surface area contributed by atoms with Gasteiger partial charge in [0.2, 0.25) is 0 Å². The smallest absolute Gasteiger partial charge is 0.150 e. The second-order valence-electron chi connectivity index (χ2n) is 4.00. The molecule has 1 aromatic rings. The van der Waals surface area contributed by atoms with Gasteiger partial charge in [0, 0.05) is 13.0 Å². The van der Waals surface area contributed by atoms with Crippen molar-refractivity contribution in [2.24, 2.45) is 11.7 Å². The highest BCUT2D eigenvalue weighted by molar-refractivity contribution is 5.04. The first-order chi connectivity index (χ1) is 6.20. The SMILES string of the molecule is CC(C)[C@@H](N)c1nnc2n1CCC2. The Hall–Kier alpha value is -0.900. The van der Waals surface area contributed by atoms with Crippen molar-refractivity contribution in [3.05, 3.63) is 11.6 Å². The van der Waals surface area contributed by atoms with Gasteiger partial charge in [-0.2, -0.15) is 0 Å². The first kappa shape index (κ1) is 8.69. The Bertz CT molecular complexity index is 303. The molecule has 2 rings (SSSR count). The highest BCUT2D eigenvalue weighted by Crippen LogP contribution is 2.21. The van der Waals surface area contributed by atoms with E-state index in [2.05, 4.69) is 28.6 Å². The van der Waals surface area contributed by atoms with Gasteiger partial charge < -0.3 is 10.3 Å². The molecule has 0 radical (unpaired) electrons. The molecule has 1 aliphatic rings. The Morgan fingerprint density at radius 2 is 2.15 bits per heavy atom. The molecule has 0 spiro atoms. The maximum Gasteiger partial charge on any atom is 0.150 e. The summed E-state index contributed by atoms with van der Waals surface area (Å²) in [5, 5.41) is 8.28. The fourth-order valence-electron chi connectivity index (χ4n) is 1.72. The van der Waals surface area contributed by atoms with Crippen LogP contribution in [0.4, 0.5) is 0 Å². The van der Waals surface area contributed by atoms with E-state index in [0.29, 0.717) is 5.92 Å². The second kappa shape index (κ2) is 3.10. The van der Waals surface area contributed by atoms with Crippen molar-refractivity contribution in [2.75, 3.05) is 0 Å². The topological polar surface area (TPSA) is 56.7 Å². The molecule has 0 bridgehead atoms. The maximum absolute atomic E-state index is 6.03. The van der Waals surface area contributed by atoms with E-state index >= 15 is 0 Å². The summed E-state index contributed by atoms with van der Waals surface area (Å²) in [5.74, 6) is 2.49. The van der Waals surface area contributed by atoms with E-state index in [1.54, 1.807) is 0 Å². The van der Waals surface area contributed by atoms with Crippen molar-refractivity contribution in [3.63, 3.8) is 0 Å². The third-order valence-electron chi connectivity index (χ3n) is 2.65. The lowest BCUT2D eigenvalue weighted by atomic mass is 10.1. The number of hydrogen-bond donors (Lipinski definition) is 1. The van der Waals surface area contributed by atoms with Gasteiger partial charge >= 0.3 is 0 Å². The second-order valence-corrected chi connectivity index (χ2v) is 4.00. The number of nitrogens with two attached hydrogens (primary N) is 1. The normalized spacial score (nSPS) is 17.8. The van der Waals surface area contributed by atoms with Crippen LogP contribution in [0.25, 0.3) is 0 Å². The van der Waals surface area contributed by atoms with Crippen LogP contribution in [0, 0.1) is 5.92 Å². The lowest BCUT2D eigenvalue weighted by Gasteiger charge is -2.14. The highest BCUT2D eigenvalue weighted by Gasteiger charge is 2.22. The number of hydrogen-bond acceptors (Lipinski definition) is 3. The molecule has 0 amide bonds. The molecule has 0 saturated heterocycles. The van der Waals surface area contributed by atoms with Gasteiger partial charge in [0.05, 0.1) is 6.04 Å². The third kappa shape index (κ3) is 1.35. The fraction of sp³-hybridized carbons (Fsp3) is 0.778. The number of aromatic nitrogens is 3. The molecule has 2 N–H and O–H groups in total. The van der Waals surface area contributed by atoms with E-state index in [9.17, 15) is 0 Å². The minimum absolute atomic E-state index is 0.0272. The van der Waals surface area contributed by atoms with Crippen LogP contribution in [0.5, 0.6) is 0 Å². The Balaban J connectivity index is 2.30. The standard InChI is InChI=1S/C9H16N4/c1-6(2)8(10)9-12-11-7-4-3-5-13(7)9/h6,8H,3-5,10H2,1-2H3/t8-/m1/s1. The molecular formula is C9H16N4. The third-order valence-corrected chi connectivity index (χ3v) is 2.65. The van der Waals surface area contributed by atoms with Gasteiger partial charge in [-0.05, 0) is 12.3 Å². The predicted molar refractivity (Wildman–Crippen MR) is 50.1 cm³/mol. The first-order valence-corrected chi connectivity index (χ1v) is 4.87. The fourth-order valence-corrected chi connectivity index (χ4v) is 1.72. The predicted octanol–water partition coefficient (Wildman–Crippen LogP) is 0.880. The summed E-state index contributed by atoms with van der Waals surface area (Å²) in [5.41, 5.74) is 6.03. The van der Waals surface area contributed by atoms with Crippen molar-refractivity contribution >= 4 is 0 Å². The molecule has 0 aromatic carbocycles. The van der Waals surface area contributed by atoms with Crippen molar-refractivity contribution in [3.8, 4) is 0 Å². The summed E-state index contributed by atoms with van der Waals surface area (Å²) in [6.45, 7) is 5.26. The van der Waals surface area contributed by atoms with E-state index in [1.807, 2.05) is 0 Å². The van der Waals surface area contributed by atoms with E-state index in [4.69, 9.17) is 5.73 Å². The van der Waals surface area contributed by atoms with Crippen LogP contribution in [-0.2, 0) is 13.0 Å². The van der Waals surface area contributed by atoms with Crippen molar-refractivity contribution in [1.82, 2.24) is 14.8 Å². The van der Waals surface area contributed by atoms with Crippen LogP contribution >= 0.6 is 0 Å². The summed E-state index contributed by atoms with van der Waals surface area (Å²) in [6, 6.07) is 0.0272. The molecule has 0 saturated carbocycles. The van der Waals surface area contributed by atoms with E-state index in [1.165, 1.54) is 6.42 Å². The van der Waals surface area contributed by atoms with Crippen LogP contribution in [0.1, 0.15) is 38.0 Å². The van der Waals surface area contributed by atoms with Crippen molar-refractivity contribution in [1.29, 1.82) is 0 Å². The van der Waals surface area contributed by atoms with E-state index in [0.717, 1.165) is 24.6 Å². The number of nitrogens with zero attached hydrogens (tertiary/aromatic N) is 3. The average Bonchev–Trinajstić information content (AvgIpc) is 2.61. The largest absolute Gasteiger partial charge is 0.321 e. The average molecular weight is 180 g/mol. The van der Waals surface area contributed by atoms with Crippen molar-refractivity contribution < 1.29 is 0 Å². The zero-order chi connectivity index (χ0) is 9.42. The molecular weight excluding hydrogens is 164 g/mol. The monoisotopic (exact) mass is 180 g/mol. The van der Waals surface area contributed by atoms with Crippen LogP contribution in [0.15, 0.2) is 0 Å². The minimum Gasteiger partial charge on any atom is -0.321 e. The summed E-state index contributed by atoms with van der Waals surface area (Å²) in [7, 11) is 0. The molecule has 1 atom stereocenters. The molecule has 4 heteroatoms. The quantitative estimate of drug-likeness (QED) is 0.735. The Labute approximate surface area is 78.1 Å². The summed E-state index contributed by atoms with van der Waals surface area (Å²) in [4.78, 5) is 0. The van der Waals surface area contributed by atoms with E-state index < -0.39 is 0 Å². The van der Waals surface area contributed by atoms with Gasteiger partial charge in [0.25, 0.3) is 0 Å².